The predicted molar refractivity (Wildman–Crippen MR) is 244 cm³/mol. The minimum Gasteiger partial charge on any atom is -0.458 e. The third-order valence-electron chi connectivity index (χ3n) is 11.8. The molecule has 0 fully saturated rings. The number of rotatable bonds is 8. The maximum Gasteiger partial charge on any atom is 0.269 e. The predicted octanol–water partition coefficient (Wildman–Crippen LogP) is 13.8. The normalized spacial score (nSPS) is 12.1. The van der Waals surface area contributed by atoms with Crippen molar-refractivity contribution >= 4 is 32.8 Å². The van der Waals surface area contributed by atoms with Crippen LogP contribution in [0.4, 0.5) is 0 Å². The molecule has 0 radical (unpaired) electrons. The van der Waals surface area contributed by atoms with E-state index in [0.717, 1.165) is 61.7 Å². The minimum atomic E-state index is -0.0163. The molecule has 0 atom stereocenters. The molecule has 294 valence electrons. The highest BCUT2D eigenvalue weighted by Crippen LogP contribution is 2.41. The second-order valence-corrected chi connectivity index (χ2v) is 17.6. The van der Waals surface area contributed by atoms with Crippen molar-refractivity contribution in [3.05, 3.63) is 174 Å². The molecule has 6 aromatic carbocycles. The highest BCUT2D eigenvalue weighted by atomic mass is 16.5. The molecule has 9 rings (SSSR count). The first kappa shape index (κ1) is 38.1. The largest absolute Gasteiger partial charge is 0.458 e. The van der Waals surface area contributed by atoms with Gasteiger partial charge in [0.05, 0.1) is 33.4 Å². The van der Waals surface area contributed by atoms with Gasteiger partial charge < -0.3 is 4.74 Å². The molecule has 5 nitrogen and oxygen atoms in total. The van der Waals surface area contributed by atoms with Gasteiger partial charge in [0.15, 0.2) is 0 Å². The number of pyridine rings is 1. The highest BCUT2D eigenvalue weighted by molar-refractivity contribution is 6.09. The number of aromatic nitrogens is 4. The minimum absolute atomic E-state index is 0.0163. The van der Waals surface area contributed by atoms with Crippen molar-refractivity contribution < 1.29 is 9.30 Å². The summed E-state index contributed by atoms with van der Waals surface area (Å²) in [5, 5.41) is 2.34. The lowest BCUT2D eigenvalue weighted by Gasteiger charge is -2.21. The smallest absolute Gasteiger partial charge is 0.269 e. The Balaban J connectivity index is 1.26. The van der Waals surface area contributed by atoms with E-state index in [0.29, 0.717) is 11.8 Å². The van der Waals surface area contributed by atoms with Gasteiger partial charge in [0.1, 0.15) is 17.3 Å². The van der Waals surface area contributed by atoms with E-state index in [4.69, 9.17) is 9.72 Å². The molecule has 3 heterocycles. The second-order valence-electron chi connectivity index (χ2n) is 17.6. The van der Waals surface area contributed by atoms with Gasteiger partial charge in [-0.2, -0.15) is 0 Å². The average Bonchev–Trinajstić information content (AvgIpc) is 3.76. The zero-order chi connectivity index (χ0) is 41.2. The fourth-order valence-electron chi connectivity index (χ4n) is 8.78. The van der Waals surface area contributed by atoms with Crippen molar-refractivity contribution in [2.24, 2.45) is 0 Å². The molecule has 0 aliphatic carbocycles. The molecule has 0 saturated carbocycles. The van der Waals surface area contributed by atoms with E-state index in [2.05, 4.69) is 216 Å². The summed E-state index contributed by atoms with van der Waals surface area (Å²) >= 11 is 0. The van der Waals surface area contributed by atoms with Crippen LogP contribution in [0.3, 0.4) is 0 Å². The monoisotopic (exact) mass is 772 g/mol. The third-order valence-corrected chi connectivity index (χ3v) is 11.8. The van der Waals surface area contributed by atoms with E-state index in [1.807, 2.05) is 6.20 Å². The third kappa shape index (κ3) is 6.78. The van der Waals surface area contributed by atoms with Gasteiger partial charge in [-0.15, -0.1) is 0 Å². The van der Waals surface area contributed by atoms with Gasteiger partial charge >= 0.3 is 0 Å². The molecule has 9 aromatic rings. The standard InChI is InChI=1S/C54H52N4O/c1-34(2)43-19-15-20-44(35(3)4)52(43)38-28-40(56-33-57(49-23-13-12-22-48(49)56)53-36(5)16-14-17-37(53)6)31-42(29-38)59-41-24-25-46-45-18-10-11-21-47(45)58(50(46)32-41)51-30-39(26-27-55-51)54(7,8)9/h10-32,34-35H,1-9H3. The summed E-state index contributed by atoms with van der Waals surface area (Å²) in [4.78, 5) is 4.92. The van der Waals surface area contributed by atoms with Gasteiger partial charge in [0.2, 0.25) is 0 Å². The van der Waals surface area contributed by atoms with E-state index < -0.39 is 0 Å². The number of para-hydroxylation sites is 4. The summed E-state index contributed by atoms with van der Waals surface area (Å²) in [6, 6.07) is 47.9. The van der Waals surface area contributed by atoms with E-state index in [-0.39, 0.29) is 5.41 Å². The molecule has 0 spiro atoms. The first-order valence-corrected chi connectivity index (χ1v) is 20.9. The number of aryl methyl sites for hydroxylation is 2. The molecule has 59 heavy (non-hydrogen) atoms. The molecule has 0 N–H and O–H groups in total. The Morgan fingerprint density at radius 2 is 1.29 bits per heavy atom. The number of fused-ring (bicyclic) bond motifs is 4. The first-order chi connectivity index (χ1) is 28.4. The maximum atomic E-state index is 7.05. The van der Waals surface area contributed by atoms with Crippen LogP contribution >= 0.6 is 0 Å². The summed E-state index contributed by atoms with van der Waals surface area (Å²) in [5.74, 6) is 3.06. The van der Waals surface area contributed by atoms with E-state index >= 15 is 0 Å². The van der Waals surface area contributed by atoms with E-state index in [9.17, 15) is 0 Å². The Kier molecular flexibility index (Phi) is 9.51. The zero-order valence-electron chi connectivity index (χ0n) is 35.6. The molecule has 0 unspecified atom stereocenters. The zero-order valence-corrected chi connectivity index (χ0v) is 35.6. The fraction of sp³-hybridized carbons (Fsp3) is 0.222. The van der Waals surface area contributed by atoms with Crippen LogP contribution in [-0.4, -0.2) is 14.1 Å². The molecular weight excluding hydrogens is 721 g/mol. The lowest BCUT2D eigenvalue weighted by Crippen LogP contribution is -2.31. The summed E-state index contributed by atoms with van der Waals surface area (Å²) < 4.78 is 13.7. The van der Waals surface area contributed by atoms with Crippen LogP contribution in [0.1, 0.15) is 88.1 Å². The number of ether oxygens (including phenoxy) is 1. The molecule has 0 aliphatic heterocycles. The SMILES string of the molecule is Cc1cccc(C)c1-[n+]1[c-]n(-c2cc(Oc3ccc4c5ccccc5n(-c5cc(C(C)(C)C)ccn5)c4c3)cc(-c3c(C(C)C)cccc3C(C)C)c2)c2ccccc21. The summed E-state index contributed by atoms with van der Waals surface area (Å²) in [5.41, 5.74) is 15.1. The lowest BCUT2D eigenvalue weighted by atomic mass is 9.85. The summed E-state index contributed by atoms with van der Waals surface area (Å²) in [6.45, 7) is 20.2. The van der Waals surface area contributed by atoms with Crippen LogP contribution in [0.15, 0.2) is 140 Å². The van der Waals surface area contributed by atoms with E-state index in [1.165, 1.54) is 38.8 Å². The van der Waals surface area contributed by atoms with Crippen LogP contribution in [0.2, 0.25) is 0 Å². The van der Waals surface area contributed by atoms with Gasteiger partial charge in [-0.1, -0.05) is 127 Å². The van der Waals surface area contributed by atoms with Gasteiger partial charge in [0.25, 0.3) is 6.33 Å². The first-order valence-electron chi connectivity index (χ1n) is 20.9. The van der Waals surface area contributed by atoms with Gasteiger partial charge in [-0.05, 0) is 119 Å². The number of benzene rings is 6. The Hall–Kier alpha value is -6.46. The molecule has 3 aromatic heterocycles. The van der Waals surface area contributed by atoms with Crippen LogP contribution in [0, 0.1) is 20.2 Å². The molecule has 0 saturated heterocycles. The van der Waals surface area contributed by atoms with Gasteiger partial charge in [0, 0.05) is 23.0 Å². The molecule has 0 bridgehead atoms. The van der Waals surface area contributed by atoms with Gasteiger partial charge in [-0.25, -0.2) is 4.98 Å². The van der Waals surface area contributed by atoms with Crippen molar-refractivity contribution in [1.29, 1.82) is 0 Å². The molecular formula is C54H52N4O. The average molecular weight is 773 g/mol. The van der Waals surface area contributed by atoms with Crippen LogP contribution in [0.25, 0.3) is 61.2 Å². The molecule has 0 amide bonds. The second kappa shape index (κ2) is 14.7. The van der Waals surface area contributed by atoms with Crippen LogP contribution in [-0.2, 0) is 5.41 Å². The Morgan fingerprint density at radius 3 is 2.00 bits per heavy atom. The molecule has 5 heteroatoms. The van der Waals surface area contributed by atoms with Crippen LogP contribution < -0.4 is 9.30 Å². The Bertz CT molecular complexity index is 3000. The van der Waals surface area contributed by atoms with Crippen molar-refractivity contribution in [1.82, 2.24) is 14.1 Å². The van der Waals surface area contributed by atoms with Crippen molar-refractivity contribution in [2.75, 3.05) is 0 Å². The van der Waals surface area contributed by atoms with Crippen molar-refractivity contribution in [3.8, 4) is 39.8 Å². The number of hydrogen-bond donors (Lipinski definition) is 0. The topological polar surface area (TPSA) is 35.9 Å². The quantitative estimate of drug-likeness (QED) is 0.114. The maximum absolute atomic E-state index is 7.05. The van der Waals surface area contributed by atoms with Crippen molar-refractivity contribution in [2.45, 2.75) is 79.6 Å². The van der Waals surface area contributed by atoms with Crippen molar-refractivity contribution in [3.63, 3.8) is 0 Å². The van der Waals surface area contributed by atoms with E-state index in [1.54, 1.807) is 0 Å². The number of nitrogens with zero attached hydrogens (tertiary/aromatic N) is 4. The van der Waals surface area contributed by atoms with Crippen LogP contribution in [0.5, 0.6) is 11.5 Å². The number of hydrogen-bond acceptors (Lipinski definition) is 2. The highest BCUT2D eigenvalue weighted by Gasteiger charge is 2.22. The fourth-order valence-corrected chi connectivity index (χ4v) is 8.78. The summed E-state index contributed by atoms with van der Waals surface area (Å²) in [6.07, 6.45) is 5.72. The Morgan fingerprint density at radius 1 is 0.627 bits per heavy atom. The Labute approximate surface area is 348 Å². The molecule has 0 aliphatic rings. The lowest BCUT2D eigenvalue weighted by molar-refractivity contribution is -0.573. The summed E-state index contributed by atoms with van der Waals surface area (Å²) in [7, 11) is 0. The number of imidazole rings is 1. The van der Waals surface area contributed by atoms with Gasteiger partial charge in [-0.3, -0.25) is 13.7 Å².